The Morgan fingerprint density at radius 2 is 1.97 bits per heavy atom. The van der Waals surface area contributed by atoms with Gasteiger partial charge in [-0.1, -0.05) is 29.8 Å². The number of anilines is 1. The highest BCUT2D eigenvalue weighted by Crippen LogP contribution is 2.34. The number of aromatic amines is 1. The summed E-state index contributed by atoms with van der Waals surface area (Å²) in [5.41, 5.74) is 5.28. The van der Waals surface area contributed by atoms with Crippen LogP contribution in [0.3, 0.4) is 0 Å². The van der Waals surface area contributed by atoms with Gasteiger partial charge in [0.1, 0.15) is 0 Å². The minimum absolute atomic E-state index is 0.00461. The summed E-state index contributed by atoms with van der Waals surface area (Å²) in [6, 6.07) is 8.48. The molecule has 1 aliphatic heterocycles. The maximum atomic E-state index is 12.8. The summed E-state index contributed by atoms with van der Waals surface area (Å²) in [4.78, 5) is 23.1. The number of rotatable bonds is 5. The molecule has 7 heteroatoms. The monoisotopic (exact) mass is 390 g/mol. The molecule has 1 amide bonds. The van der Waals surface area contributed by atoms with Gasteiger partial charge in [0.05, 0.1) is 11.8 Å². The van der Waals surface area contributed by atoms with Crippen LogP contribution in [0.5, 0.6) is 0 Å². The summed E-state index contributed by atoms with van der Waals surface area (Å²) < 4.78 is 0. The van der Waals surface area contributed by atoms with Crippen molar-refractivity contribution in [3.63, 3.8) is 0 Å². The predicted octanol–water partition coefficient (Wildman–Crippen LogP) is 3.63. The average Bonchev–Trinajstić information content (AvgIpc) is 3.24. The molecule has 29 heavy (non-hydrogen) atoms. The highest BCUT2D eigenvalue weighted by Gasteiger charge is 2.27. The van der Waals surface area contributed by atoms with E-state index in [0.717, 1.165) is 24.9 Å². The van der Waals surface area contributed by atoms with Gasteiger partial charge in [0.15, 0.2) is 0 Å². The van der Waals surface area contributed by atoms with E-state index < -0.39 is 0 Å². The average molecular weight is 390 g/mol. The van der Waals surface area contributed by atoms with Gasteiger partial charge in [0.2, 0.25) is 5.95 Å². The number of aromatic nitrogens is 4. The minimum atomic E-state index is -0.00461. The maximum Gasteiger partial charge on any atom is 0.256 e. The van der Waals surface area contributed by atoms with Crippen LogP contribution in [0.15, 0.2) is 42.9 Å². The molecule has 0 radical (unpaired) electrons. The van der Waals surface area contributed by atoms with Gasteiger partial charge in [-0.3, -0.25) is 9.89 Å². The lowest BCUT2D eigenvalue weighted by atomic mass is 9.89. The molecular weight excluding hydrogens is 364 g/mol. The highest BCUT2D eigenvalue weighted by atomic mass is 16.2. The number of aryl methyl sites for hydroxylation is 1. The van der Waals surface area contributed by atoms with Crippen LogP contribution in [-0.2, 0) is 0 Å². The molecule has 2 N–H and O–H groups in total. The van der Waals surface area contributed by atoms with Crippen LogP contribution in [0, 0.1) is 6.92 Å². The third-order valence-corrected chi connectivity index (χ3v) is 5.42. The van der Waals surface area contributed by atoms with Crippen molar-refractivity contribution >= 4 is 11.9 Å². The molecule has 0 unspecified atom stereocenters. The predicted molar refractivity (Wildman–Crippen MR) is 113 cm³/mol. The molecule has 4 rings (SSSR count). The van der Waals surface area contributed by atoms with E-state index in [1.165, 1.54) is 16.8 Å². The van der Waals surface area contributed by atoms with Gasteiger partial charge in [-0.2, -0.15) is 5.10 Å². The molecule has 1 fully saturated rings. The van der Waals surface area contributed by atoms with Crippen molar-refractivity contribution < 1.29 is 4.79 Å². The second-order valence-corrected chi connectivity index (χ2v) is 7.46. The number of hydrogen-bond donors (Lipinski definition) is 2. The molecule has 7 nitrogen and oxygen atoms in total. The van der Waals surface area contributed by atoms with Crippen molar-refractivity contribution in [3.8, 4) is 11.1 Å². The number of nitrogens with zero attached hydrogens (tertiary/aromatic N) is 4. The van der Waals surface area contributed by atoms with Crippen molar-refractivity contribution in [2.45, 2.75) is 32.6 Å². The Morgan fingerprint density at radius 1 is 1.21 bits per heavy atom. The number of piperidine rings is 1. The third-order valence-electron chi connectivity index (χ3n) is 5.42. The van der Waals surface area contributed by atoms with E-state index in [9.17, 15) is 4.79 Å². The Hall–Kier alpha value is -3.22. The van der Waals surface area contributed by atoms with Gasteiger partial charge < -0.3 is 10.2 Å². The van der Waals surface area contributed by atoms with E-state index in [1.54, 1.807) is 12.4 Å². The van der Waals surface area contributed by atoms with E-state index in [1.807, 2.05) is 18.0 Å². The fraction of sp³-hybridized carbons (Fsp3) is 0.364. The van der Waals surface area contributed by atoms with Crippen LogP contribution in [0.25, 0.3) is 11.1 Å². The lowest BCUT2D eigenvalue weighted by molar-refractivity contribution is 0.0711. The fourth-order valence-corrected chi connectivity index (χ4v) is 3.89. The first-order valence-electron chi connectivity index (χ1n) is 10.1. The summed E-state index contributed by atoms with van der Waals surface area (Å²) >= 11 is 0. The zero-order chi connectivity index (χ0) is 20.2. The Kier molecular flexibility index (Phi) is 5.55. The van der Waals surface area contributed by atoms with Crippen molar-refractivity contribution in [3.05, 3.63) is 59.7 Å². The van der Waals surface area contributed by atoms with Gasteiger partial charge in [-0.15, -0.1) is 0 Å². The Morgan fingerprint density at radius 3 is 2.66 bits per heavy atom. The lowest BCUT2D eigenvalue weighted by Crippen LogP contribution is -2.38. The molecular formula is C22H26N6O. The number of likely N-dealkylation sites (tertiary alicyclic amines) is 1. The number of carbonyl (C=O) groups is 1. The molecule has 0 bridgehead atoms. The first kappa shape index (κ1) is 19.1. The normalized spacial score (nSPS) is 14.8. The summed E-state index contributed by atoms with van der Waals surface area (Å²) in [7, 11) is 0. The first-order chi connectivity index (χ1) is 14.2. The van der Waals surface area contributed by atoms with E-state index in [-0.39, 0.29) is 5.91 Å². The summed E-state index contributed by atoms with van der Waals surface area (Å²) in [5.74, 6) is 0.908. The van der Waals surface area contributed by atoms with E-state index >= 15 is 0 Å². The lowest BCUT2D eigenvalue weighted by Gasteiger charge is -2.32. The fourth-order valence-electron chi connectivity index (χ4n) is 3.89. The van der Waals surface area contributed by atoms with Gasteiger partial charge in [0, 0.05) is 49.2 Å². The molecule has 150 valence electrons. The SMILES string of the molecule is CCNc1ncc(C(=O)N2CCC(c3[nH]ncc3-c3cccc(C)c3)CC2)cn1. The number of carbonyl (C=O) groups excluding carboxylic acids is 1. The Labute approximate surface area is 170 Å². The van der Waals surface area contributed by atoms with Crippen LogP contribution < -0.4 is 5.32 Å². The van der Waals surface area contributed by atoms with E-state index in [2.05, 4.69) is 56.7 Å². The van der Waals surface area contributed by atoms with E-state index in [4.69, 9.17) is 0 Å². The second-order valence-electron chi connectivity index (χ2n) is 7.46. The smallest absolute Gasteiger partial charge is 0.256 e. The number of nitrogens with one attached hydrogen (secondary N) is 2. The first-order valence-corrected chi connectivity index (χ1v) is 10.1. The van der Waals surface area contributed by atoms with Crippen molar-refractivity contribution in [2.24, 2.45) is 0 Å². The van der Waals surface area contributed by atoms with Crippen LogP contribution >= 0.6 is 0 Å². The molecule has 1 aliphatic rings. The molecule has 0 saturated carbocycles. The van der Waals surface area contributed by atoms with Gasteiger partial charge >= 0.3 is 0 Å². The quantitative estimate of drug-likeness (QED) is 0.695. The topological polar surface area (TPSA) is 86.8 Å². The number of benzene rings is 1. The van der Waals surface area contributed by atoms with Crippen molar-refractivity contribution in [2.75, 3.05) is 25.0 Å². The molecule has 1 aromatic carbocycles. The molecule has 3 heterocycles. The van der Waals surface area contributed by atoms with E-state index in [0.29, 0.717) is 30.5 Å². The van der Waals surface area contributed by atoms with Gasteiger partial charge in [0.25, 0.3) is 5.91 Å². The summed E-state index contributed by atoms with van der Waals surface area (Å²) in [5, 5.41) is 10.5. The second kappa shape index (κ2) is 8.43. The zero-order valence-electron chi connectivity index (χ0n) is 16.9. The molecule has 1 saturated heterocycles. The molecule has 0 aliphatic carbocycles. The standard InChI is InChI=1S/C22H26N6O/c1-3-23-22-24-12-18(13-25-22)21(29)28-9-7-16(8-10-28)20-19(14-26-27-20)17-6-4-5-15(2)11-17/h4-6,11-14,16H,3,7-10H2,1-2H3,(H,26,27)(H,23,24,25). The number of hydrogen-bond acceptors (Lipinski definition) is 5. The third kappa shape index (κ3) is 4.13. The molecule has 3 aromatic rings. The van der Waals surface area contributed by atoms with Gasteiger partial charge in [-0.05, 0) is 32.3 Å². The highest BCUT2D eigenvalue weighted by molar-refractivity contribution is 5.93. The van der Waals surface area contributed by atoms with Crippen LogP contribution in [0.1, 0.15) is 47.3 Å². The number of amides is 1. The van der Waals surface area contributed by atoms with Crippen LogP contribution in [0.2, 0.25) is 0 Å². The number of H-pyrrole nitrogens is 1. The summed E-state index contributed by atoms with van der Waals surface area (Å²) in [6.45, 7) is 6.26. The van der Waals surface area contributed by atoms with Gasteiger partial charge in [-0.25, -0.2) is 9.97 Å². The van der Waals surface area contributed by atoms with Crippen LogP contribution in [0.4, 0.5) is 5.95 Å². The minimum Gasteiger partial charge on any atom is -0.355 e. The van der Waals surface area contributed by atoms with Crippen molar-refractivity contribution in [1.29, 1.82) is 0 Å². The Balaban J connectivity index is 1.42. The molecule has 0 spiro atoms. The Bertz CT molecular complexity index is 973. The van der Waals surface area contributed by atoms with Crippen molar-refractivity contribution in [1.82, 2.24) is 25.1 Å². The zero-order valence-corrected chi connectivity index (χ0v) is 16.9. The largest absolute Gasteiger partial charge is 0.355 e. The summed E-state index contributed by atoms with van der Waals surface area (Å²) in [6.07, 6.45) is 6.92. The molecule has 0 atom stereocenters. The van der Waals surface area contributed by atoms with Crippen LogP contribution in [-0.4, -0.2) is 50.6 Å². The maximum absolute atomic E-state index is 12.8. The molecule has 2 aromatic heterocycles.